The standard InChI is InChI=1S/C23H24N4OS2/c1-15(24-16-7-9-17(10-8-16)27-11-3-2-4-12-27)21-25-22(28)20-18(14-30-23(20)26-21)19-6-5-13-29-19/h5-10,13-15,24H,2-4,11-12H2,1H3,(H,25,26,28). The van der Waals surface area contributed by atoms with Crippen LogP contribution in [0.5, 0.6) is 0 Å². The van der Waals surface area contributed by atoms with Crippen LogP contribution in [0, 0.1) is 0 Å². The van der Waals surface area contributed by atoms with Crippen molar-refractivity contribution in [2.75, 3.05) is 23.3 Å². The summed E-state index contributed by atoms with van der Waals surface area (Å²) in [6.45, 7) is 4.31. The number of H-pyrrole nitrogens is 1. The molecule has 7 heteroatoms. The molecule has 1 aliphatic rings. The van der Waals surface area contributed by atoms with E-state index in [0.29, 0.717) is 11.2 Å². The Kier molecular flexibility index (Phi) is 5.31. The van der Waals surface area contributed by atoms with Crippen molar-refractivity contribution in [3.05, 3.63) is 63.3 Å². The van der Waals surface area contributed by atoms with E-state index in [1.165, 1.54) is 36.3 Å². The molecule has 0 radical (unpaired) electrons. The molecule has 154 valence electrons. The molecule has 2 N–H and O–H groups in total. The van der Waals surface area contributed by atoms with Gasteiger partial charge >= 0.3 is 0 Å². The minimum atomic E-state index is -0.102. The van der Waals surface area contributed by atoms with Gasteiger partial charge in [-0.1, -0.05) is 6.07 Å². The number of thiophene rings is 2. The molecular weight excluding hydrogens is 412 g/mol. The number of anilines is 2. The van der Waals surface area contributed by atoms with E-state index >= 15 is 0 Å². The highest BCUT2D eigenvalue weighted by atomic mass is 32.1. The van der Waals surface area contributed by atoms with Gasteiger partial charge in [0.25, 0.3) is 5.56 Å². The van der Waals surface area contributed by atoms with Gasteiger partial charge in [0.15, 0.2) is 0 Å². The molecule has 0 bridgehead atoms. The maximum absolute atomic E-state index is 12.8. The number of rotatable bonds is 5. The zero-order valence-corrected chi connectivity index (χ0v) is 18.5. The van der Waals surface area contributed by atoms with Crippen molar-refractivity contribution in [3.63, 3.8) is 0 Å². The second-order valence-electron chi connectivity index (χ2n) is 7.72. The molecule has 0 spiro atoms. The number of hydrogen-bond acceptors (Lipinski definition) is 6. The average Bonchev–Trinajstić information content (AvgIpc) is 3.45. The number of benzene rings is 1. The van der Waals surface area contributed by atoms with Crippen LogP contribution in [0.2, 0.25) is 0 Å². The van der Waals surface area contributed by atoms with E-state index in [1.54, 1.807) is 11.3 Å². The topological polar surface area (TPSA) is 61.0 Å². The predicted octanol–water partition coefficient (Wildman–Crippen LogP) is 5.88. The highest BCUT2D eigenvalue weighted by molar-refractivity contribution is 7.18. The largest absolute Gasteiger partial charge is 0.375 e. The highest BCUT2D eigenvalue weighted by Gasteiger charge is 2.17. The third-order valence-corrected chi connectivity index (χ3v) is 7.41. The summed E-state index contributed by atoms with van der Waals surface area (Å²) in [6, 6.07) is 12.5. The lowest BCUT2D eigenvalue weighted by molar-refractivity contribution is 0.578. The van der Waals surface area contributed by atoms with Gasteiger partial charge in [0.05, 0.1) is 11.4 Å². The third-order valence-electron chi connectivity index (χ3n) is 5.63. The lowest BCUT2D eigenvalue weighted by Crippen LogP contribution is -2.29. The molecule has 5 nitrogen and oxygen atoms in total. The van der Waals surface area contributed by atoms with Crippen LogP contribution in [0.4, 0.5) is 11.4 Å². The summed E-state index contributed by atoms with van der Waals surface area (Å²) in [5.41, 5.74) is 3.20. The summed E-state index contributed by atoms with van der Waals surface area (Å²) in [5, 5.41) is 8.21. The Hall–Kier alpha value is -2.64. The van der Waals surface area contributed by atoms with Gasteiger partial charge in [-0.3, -0.25) is 4.79 Å². The monoisotopic (exact) mass is 436 g/mol. The normalized spacial score (nSPS) is 15.4. The minimum Gasteiger partial charge on any atom is -0.375 e. The molecule has 0 saturated carbocycles. The first kappa shape index (κ1) is 19.3. The molecule has 4 heterocycles. The SMILES string of the molecule is CC(Nc1ccc(N2CCCCC2)cc1)c1nc2scc(-c3cccs3)c2c(=O)[nH]1. The van der Waals surface area contributed by atoms with E-state index in [1.807, 2.05) is 29.8 Å². The summed E-state index contributed by atoms with van der Waals surface area (Å²) in [4.78, 5) is 24.9. The fraction of sp³-hybridized carbons (Fsp3) is 0.304. The molecule has 3 aromatic heterocycles. The van der Waals surface area contributed by atoms with Crippen molar-refractivity contribution in [3.8, 4) is 10.4 Å². The summed E-state index contributed by atoms with van der Waals surface area (Å²) < 4.78 is 0. The maximum atomic E-state index is 12.8. The molecule has 1 saturated heterocycles. The van der Waals surface area contributed by atoms with Crippen molar-refractivity contribution < 1.29 is 0 Å². The number of piperidine rings is 1. The Morgan fingerprint density at radius 3 is 2.63 bits per heavy atom. The molecule has 5 rings (SSSR count). The lowest BCUT2D eigenvalue weighted by atomic mass is 10.1. The first-order valence-electron chi connectivity index (χ1n) is 10.4. The Bertz CT molecular complexity index is 1190. The number of hydrogen-bond donors (Lipinski definition) is 2. The number of aromatic amines is 1. The number of fused-ring (bicyclic) bond motifs is 1. The van der Waals surface area contributed by atoms with E-state index in [2.05, 4.69) is 39.5 Å². The first-order valence-corrected chi connectivity index (χ1v) is 12.1. The molecule has 1 unspecified atom stereocenters. The summed E-state index contributed by atoms with van der Waals surface area (Å²) in [6.07, 6.45) is 3.88. The molecule has 0 amide bonds. The number of nitrogens with one attached hydrogen (secondary N) is 2. The number of aromatic nitrogens is 2. The molecule has 4 aromatic rings. The van der Waals surface area contributed by atoms with E-state index in [9.17, 15) is 4.79 Å². The zero-order chi connectivity index (χ0) is 20.5. The van der Waals surface area contributed by atoms with Gasteiger partial charge in [-0.05, 0) is 61.9 Å². The minimum absolute atomic E-state index is 0.0752. The van der Waals surface area contributed by atoms with Crippen LogP contribution >= 0.6 is 22.7 Å². The number of nitrogens with zero attached hydrogens (tertiary/aromatic N) is 2. The molecule has 30 heavy (non-hydrogen) atoms. The van der Waals surface area contributed by atoms with Crippen LogP contribution in [-0.4, -0.2) is 23.1 Å². The summed E-state index contributed by atoms with van der Waals surface area (Å²) in [7, 11) is 0. The smallest absolute Gasteiger partial charge is 0.260 e. The van der Waals surface area contributed by atoms with E-state index in [0.717, 1.165) is 34.0 Å². The van der Waals surface area contributed by atoms with Crippen LogP contribution in [0.25, 0.3) is 20.7 Å². The molecule has 1 fully saturated rings. The van der Waals surface area contributed by atoms with Gasteiger partial charge in [-0.2, -0.15) is 0 Å². The van der Waals surface area contributed by atoms with Gasteiger partial charge < -0.3 is 15.2 Å². The van der Waals surface area contributed by atoms with E-state index in [4.69, 9.17) is 4.98 Å². The van der Waals surface area contributed by atoms with Crippen LogP contribution in [0.15, 0.2) is 52.0 Å². The first-order chi connectivity index (χ1) is 14.7. The highest BCUT2D eigenvalue weighted by Crippen LogP contribution is 2.34. The van der Waals surface area contributed by atoms with Gasteiger partial charge in [0, 0.05) is 40.3 Å². The van der Waals surface area contributed by atoms with Gasteiger partial charge in [0.1, 0.15) is 10.7 Å². The Labute approximate surface area is 183 Å². The van der Waals surface area contributed by atoms with Crippen molar-refractivity contribution >= 4 is 44.3 Å². The van der Waals surface area contributed by atoms with Crippen molar-refractivity contribution in [2.45, 2.75) is 32.2 Å². The predicted molar refractivity (Wildman–Crippen MR) is 128 cm³/mol. The van der Waals surface area contributed by atoms with Crippen LogP contribution in [0.1, 0.15) is 38.1 Å². The second-order valence-corrected chi connectivity index (χ2v) is 9.52. The van der Waals surface area contributed by atoms with Crippen molar-refractivity contribution in [1.29, 1.82) is 0 Å². The molecular formula is C23H24N4OS2. The molecule has 1 atom stereocenters. The van der Waals surface area contributed by atoms with Gasteiger partial charge in [0.2, 0.25) is 0 Å². The zero-order valence-electron chi connectivity index (χ0n) is 16.9. The summed E-state index contributed by atoms with van der Waals surface area (Å²) >= 11 is 3.16. The maximum Gasteiger partial charge on any atom is 0.260 e. The summed E-state index contributed by atoms with van der Waals surface area (Å²) in [5.74, 6) is 0.659. The van der Waals surface area contributed by atoms with Crippen molar-refractivity contribution in [1.82, 2.24) is 9.97 Å². The lowest BCUT2D eigenvalue weighted by Gasteiger charge is -2.29. The molecule has 0 aliphatic carbocycles. The van der Waals surface area contributed by atoms with Crippen LogP contribution in [-0.2, 0) is 0 Å². The molecule has 1 aliphatic heterocycles. The quantitative estimate of drug-likeness (QED) is 0.410. The van der Waals surface area contributed by atoms with Gasteiger partial charge in [-0.25, -0.2) is 4.98 Å². The third kappa shape index (κ3) is 3.75. The fourth-order valence-electron chi connectivity index (χ4n) is 4.02. The fourth-order valence-corrected chi connectivity index (χ4v) is 5.79. The van der Waals surface area contributed by atoms with Gasteiger partial charge in [-0.15, -0.1) is 22.7 Å². The van der Waals surface area contributed by atoms with Crippen molar-refractivity contribution in [2.24, 2.45) is 0 Å². The van der Waals surface area contributed by atoms with Crippen LogP contribution in [0.3, 0.4) is 0 Å². The Balaban J connectivity index is 1.36. The Morgan fingerprint density at radius 1 is 1.10 bits per heavy atom. The van der Waals surface area contributed by atoms with E-state index in [-0.39, 0.29) is 11.6 Å². The Morgan fingerprint density at radius 2 is 1.90 bits per heavy atom. The molecule has 1 aromatic carbocycles. The van der Waals surface area contributed by atoms with E-state index < -0.39 is 0 Å². The second kappa shape index (κ2) is 8.24. The van der Waals surface area contributed by atoms with Crippen LogP contribution < -0.4 is 15.8 Å². The average molecular weight is 437 g/mol.